The standard InChI is InChI=1S/C27H32N4O4/c1-32-21-10-9-16(13-22(21)33-2)11-12-28-27-30-20-15-24(35-4)23(34-3)14-18(20)26(31-27)25-17-7-5-6-8-19(17)29-25/h9-10,13-15,25,29H,5-8,11-12H2,1-4H3,(H,28,30,31). The van der Waals surface area contributed by atoms with Gasteiger partial charge in [0.15, 0.2) is 23.0 Å². The highest BCUT2D eigenvalue weighted by atomic mass is 16.5. The SMILES string of the molecule is COc1ccc(CCNc2nc(C3NC4=C3CCCC4)c3cc(OC)c(OC)cc3n2)cc1OC. The molecule has 0 bridgehead atoms. The van der Waals surface area contributed by atoms with E-state index in [1.807, 2.05) is 30.3 Å². The van der Waals surface area contributed by atoms with E-state index in [1.165, 1.54) is 24.1 Å². The number of benzene rings is 2. The minimum atomic E-state index is 0.111. The zero-order valence-corrected chi connectivity index (χ0v) is 20.7. The van der Waals surface area contributed by atoms with Crippen LogP contribution in [0.1, 0.15) is 43.0 Å². The minimum Gasteiger partial charge on any atom is -0.493 e. The maximum absolute atomic E-state index is 5.57. The minimum absolute atomic E-state index is 0.111. The van der Waals surface area contributed by atoms with Crippen molar-refractivity contribution in [1.82, 2.24) is 15.3 Å². The van der Waals surface area contributed by atoms with E-state index in [9.17, 15) is 0 Å². The Balaban J connectivity index is 1.44. The number of nitrogens with one attached hydrogen (secondary N) is 2. The lowest BCUT2D eigenvalue weighted by Crippen LogP contribution is -2.37. The monoisotopic (exact) mass is 476 g/mol. The number of hydrogen-bond donors (Lipinski definition) is 2. The average Bonchev–Trinajstić information content (AvgIpc) is 2.88. The Morgan fingerprint density at radius 2 is 1.57 bits per heavy atom. The first-order valence-electron chi connectivity index (χ1n) is 12.0. The quantitative estimate of drug-likeness (QED) is 0.456. The van der Waals surface area contributed by atoms with Crippen LogP contribution in [0.3, 0.4) is 0 Å². The van der Waals surface area contributed by atoms with Gasteiger partial charge in [0.05, 0.1) is 45.7 Å². The van der Waals surface area contributed by atoms with Crippen LogP contribution in [0.15, 0.2) is 41.6 Å². The van der Waals surface area contributed by atoms with Crippen LogP contribution in [0.4, 0.5) is 5.95 Å². The molecule has 1 unspecified atom stereocenters. The van der Waals surface area contributed by atoms with E-state index >= 15 is 0 Å². The van der Waals surface area contributed by atoms with Crippen molar-refractivity contribution in [1.29, 1.82) is 0 Å². The average molecular weight is 477 g/mol. The van der Waals surface area contributed by atoms with Gasteiger partial charge in [-0.25, -0.2) is 9.97 Å². The predicted octanol–water partition coefficient (Wildman–Crippen LogP) is 4.79. The van der Waals surface area contributed by atoms with E-state index in [1.54, 1.807) is 28.4 Å². The Labute approximate surface area is 205 Å². The van der Waals surface area contributed by atoms with E-state index in [-0.39, 0.29) is 6.04 Å². The normalized spacial score (nSPS) is 16.7. The van der Waals surface area contributed by atoms with Crippen molar-refractivity contribution in [2.45, 2.75) is 38.1 Å². The van der Waals surface area contributed by atoms with Crippen LogP contribution < -0.4 is 29.6 Å². The highest BCUT2D eigenvalue weighted by Crippen LogP contribution is 2.44. The molecule has 8 heteroatoms. The van der Waals surface area contributed by atoms with Gasteiger partial charge in [-0.05, 0) is 61.4 Å². The first-order valence-corrected chi connectivity index (χ1v) is 12.0. The van der Waals surface area contributed by atoms with Crippen molar-refractivity contribution in [3.63, 3.8) is 0 Å². The number of anilines is 1. The highest BCUT2D eigenvalue weighted by molar-refractivity contribution is 5.86. The van der Waals surface area contributed by atoms with Gasteiger partial charge in [-0.2, -0.15) is 0 Å². The van der Waals surface area contributed by atoms with Crippen LogP contribution in [-0.4, -0.2) is 45.0 Å². The van der Waals surface area contributed by atoms with Crippen molar-refractivity contribution in [3.05, 3.63) is 52.9 Å². The van der Waals surface area contributed by atoms with Crippen LogP contribution in [0.25, 0.3) is 10.9 Å². The molecule has 1 atom stereocenters. The molecule has 2 aromatic carbocycles. The molecule has 2 heterocycles. The van der Waals surface area contributed by atoms with Gasteiger partial charge in [-0.1, -0.05) is 6.07 Å². The Hall–Kier alpha value is -3.68. The van der Waals surface area contributed by atoms with Gasteiger partial charge >= 0.3 is 0 Å². The molecule has 5 rings (SSSR count). The number of allylic oxidation sites excluding steroid dienone is 1. The largest absolute Gasteiger partial charge is 0.493 e. The molecule has 0 fully saturated rings. The summed E-state index contributed by atoms with van der Waals surface area (Å²) in [6.07, 6.45) is 5.51. The maximum Gasteiger partial charge on any atom is 0.223 e. The zero-order chi connectivity index (χ0) is 24.4. The van der Waals surface area contributed by atoms with Gasteiger partial charge in [0.1, 0.15) is 0 Å². The number of ether oxygens (including phenoxy) is 4. The Morgan fingerprint density at radius 3 is 2.31 bits per heavy atom. The third-order valence-corrected chi connectivity index (χ3v) is 6.83. The van der Waals surface area contributed by atoms with Crippen LogP contribution in [0.5, 0.6) is 23.0 Å². The molecule has 2 aliphatic rings. The molecule has 0 saturated carbocycles. The molecule has 0 saturated heterocycles. The Morgan fingerprint density at radius 1 is 0.857 bits per heavy atom. The number of fused-ring (bicyclic) bond motifs is 1. The van der Waals surface area contributed by atoms with E-state index < -0.39 is 0 Å². The molecule has 2 N–H and O–H groups in total. The number of aromatic nitrogens is 2. The Bertz CT molecular complexity index is 1270. The molecule has 35 heavy (non-hydrogen) atoms. The third-order valence-electron chi connectivity index (χ3n) is 6.83. The summed E-state index contributed by atoms with van der Waals surface area (Å²) in [5.41, 5.74) is 5.80. The van der Waals surface area contributed by atoms with Crippen molar-refractivity contribution in [2.75, 3.05) is 40.3 Å². The lowest BCUT2D eigenvalue weighted by Gasteiger charge is -2.39. The smallest absolute Gasteiger partial charge is 0.223 e. The molecular formula is C27H32N4O4. The molecule has 1 aliphatic heterocycles. The second kappa shape index (κ2) is 9.90. The topological polar surface area (TPSA) is 86.8 Å². The van der Waals surface area contributed by atoms with E-state index in [0.29, 0.717) is 24.0 Å². The summed E-state index contributed by atoms with van der Waals surface area (Å²) in [6.45, 7) is 0.680. The summed E-state index contributed by atoms with van der Waals surface area (Å²) in [5, 5.41) is 8.05. The first kappa shape index (κ1) is 23.1. The van der Waals surface area contributed by atoms with Crippen molar-refractivity contribution in [3.8, 4) is 23.0 Å². The van der Waals surface area contributed by atoms with Gasteiger partial charge in [0.25, 0.3) is 0 Å². The van der Waals surface area contributed by atoms with Gasteiger partial charge < -0.3 is 29.6 Å². The molecule has 0 radical (unpaired) electrons. The van der Waals surface area contributed by atoms with Gasteiger partial charge in [0, 0.05) is 23.7 Å². The number of hydrogen-bond acceptors (Lipinski definition) is 8. The van der Waals surface area contributed by atoms with Crippen LogP contribution in [-0.2, 0) is 6.42 Å². The second-order valence-electron chi connectivity index (χ2n) is 8.81. The number of rotatable bonds is 9. The van der Waals surface area contributed by atoms with Gasteiger partial charge in [-0.15, -0.1) is 0 Å². The molecule has 184 valence electrons. The van der Waals surface area contributed by atoms with Crippen LogP contribution >= 0.6 is 0 Å². The van der Waals surface area contributed by atoms with E-state index in [4.69, 9.17) is 28.9 Å². The molecule has 0 amide bonds. The van der Waals surface area contributed by atoms with Gasteiger partial charge in [-0.3, -0.25) is 0 Å². The molecule has 1 aliphatic carbocycles. The second-order valence-corrected chi connectivity index (χ2v) is 8.81. The van der Waals surface area contributed by atoms with E-state index in [2.05, 4.69) is 10.6 Å². The fourth-order valence-corrected chi connectivity index (χ4v) is 4.96. The number of nitrogens with zero attached hydrogens (tertiary/aromatic N) is 2. The summed E-state index contributed by atoms with van der Waals surface area (Å²) >= 11 is 0. The number of methoxy groups -OCH3 is 4. The summed E-state index contributed by atoms with van der Waals surface area (Å²) in [5.74, 6) is 3.38. The van der Waals surface area contributed by atoms with Crippen LogP contribution in [0, 0.1) is 0 Å². The van der Waals surface area contributed by atoms with Crippen molar-refractivity contribution in [2.24, 2.45) is 0 Å². The highest BCUT2D eigenvalue weighted by Gasteiger charge is 2.34. The van der Waals surface area contributed by atoms with Crippen molar-refractivity contribution >= 4 is 16.9 Å². The first-order chi connectivity index (χ1) is 17.1. The molecule has 8 nitrogen and oxygen atoms in total. The predicted molar refractivity (Wildman–Crippen MR) is 136 cm³/mol. The van der Waals surface area contributed by atoms with Crippen molar-refractivity contribution < 1.29 is 18.9 Å². The summed E-state index contributed by atoms with van der Waals surface area (Å²) in [4.78, 5) is 9.79. The van der Waals surface area contributed by atoms with E-state index in [0.717, 1.165) is 52.9 Å². The zero-order valence-electron chi connectivity index (χ0n) is 20.7. The summed E-state index contributed by atoms with van der Waals surface area (Å²) in [6, 6.07) is 9.99. The van der Waals surface area contributed by atoms with Gasteiger partial charge in [0.2, 0.25) is 5.95 Å². The fourth-order valence-electron chi connectivity index (χ4n) is 4.96. The lowest BCUT2D eigenvalue weighted by molar-refractivity contribution is 0.354. The Kier molecular flexibility index (Phi) is 6.53. The summed E-state index contributed by atoms with van der Waals surface area (Å²) < 4.78 is 21.9. The molecule has 3 aromatic rings. The maximum atomic E-state index is 5.57. The van der Waals surface area contributed by atoms with Crippen LogP contribution in [0.2, 0.25) is 0 Å². The summed E-state index contributed by atoms with van der Waals surface area (Å²) in [7, 11) is 6.58. The lowest BCUT2D eigenvalue weighted by atomic mass is 9.82. The molecular weight excluding hydrogens is 444 g/mol. The fraction of sp³-hybridized carbons (Fsp3) is 0.407. The third kappa shape index (κ3) is 4.40. The molecule has 0 spiro atoms. The molecule has 1 aromatic heterocycles.